The van der Waals surface area contributed by atoms with Crippen LogP contribution in [0.4, 0.5) is 0 Å². The molecule has 3 aromatic rings. The summed E-state index contributed by atoms with van der Waals surface area (Å²) in [5, 5.41) is 10.9. The van der Waals surface area contributed by atoms with Crippen LogP contribution in [0.25, 0.3) is 11.3 Å². The summed E-state index contributed by atoms with van der Waals surface area (Å²) in [6.45, 7) is 3.07. The quantitative estimate of drug-likeness (QED) is 0.619. The zero-order valence-corrected chi connectivity index (χ0v) is 17.6. The molecule has 0 spiro atoms. The van der Waals surface area contributed by atoms with E-state index in [9.17, 15) is 14.4 Å². The molecule has 5 rings (SSSR count). The maximum Gasteiger partial charge on any atom is 0.255 e. The fraction of sp³-hybridized carbons (Fsp3) is 0.304. The highest BCUT2D eigenvalue weighted by molar-refractivity contribution is 6.05. The summed E-state index contributed by atoms with van der Waals surface area (Å²) in [5.41, 5.74) is 3.99. The second kappa shape index (κ2) is 7.99. The van der Waals surface area contributed by atoms with Gasteiger partial charge in [0.05, 0.1) is 12.7 Å². The number of imide groups is 1. The average Bonchev–Trinajstić information content (AvgIpc) is 3.39. The molecule has 32 heavy (non-hydrogen) atoms. The molecule has 2 aromatic heterocycles. The van der Waals surface area contributed by atoms with Gasteiger partial charge < -0.3 is 4.90 Å². The zero-order valence-electron chi connectivity index (χ0n) is 17.6. The van der Waals surface area contributed by atoms with E-state index >= 15 is 0 Å². The molecule has 2 aliphatic rings. The fourth-order valence-corrected chi connectivity index (χ4v) is 4.30. The van der Waals surface area contributed by atoms with E-state index in [-0.39, 0.29) is 24.2 Å². The maximum absolute atomic E-state index is 12.9. The number of carbonyl (C=O) groups excluding carboxylic acids is 3. The van der Waals surface area contributed by atoms with Crippen LogP contribution in [-0.2, 0) is 22.7 Å². The molecule has 1 saturated heterocycles. The van der Waals surface area contributed by atoms with Crippen molar-refractivity contribution in [1.29, 1.82) is 0 Å². The molecule has 162 valence electrons. The van der Waals surface area contributed by atoms with Gasteiger partial charge in [-0.3, -0.25) is 29.4 Å². The van der Waals surface area contributed by atoms with E-state index in [2.05, 4.69) is 27.5 Å². The van der Waals surface area contributed by atoms with Crippen molar-refractivity contribution < 1.29 is 14.4 Å². The molecule has 2 unspecified atom stereocenters. The number of nitrogens with zero attached hydrogens (tertiary/aromatic N) is 5. The average molecular weight is 430 g/mol. The Morgan fingerprint density at radius 1 is 1.19 bits per heavy atom. The van der Waals surface area contributed by atoms with E-state index in [1.165, 1.54) is 0 Å². The Kier molecular flexibility index (Phi) is 5.01. The molecule has 1 fully saturated rings. The third-order valence-corrected chi connectivity index (χ3v) is 6.01. The van der Waals surface area contributed by atoms with Gasteiger partial charge in [0.25, 0.3) is 5.91 Å². The Hall–Kier alpha value is -3.88. The van der Waals surface area contributed by atoms with Crippen molar-refractivity contribution in [2.24, 2.45) is 0 Å². The van der Waals surface area contributed by atoms with Crippen molar-refractivity contribution in [2.45, 2.75) is 44.8 Å². The van der Waals surface area contributed by atoms with Crippen LogP contribution >= 0.6 is 0 Å². The molecule has 4 heterocycles. The van der Waals surface area contributed by atoms with Gasteiger partial charge in [0, 0.05) is 41.9 Å². The molecule has 0 aliphatic carbocycles. The number of piperidine rings is 1. The molecule has 0 bridgehead atoms. The predicted molar refractivity (Wildman–Crippen MR) is 114 cm³/mol. The first-order valence-corrected chi connectivity index (χ1v) is 10.6. The Bertz CT molecular complexity index is 1210. The summed E-state index contributed by atoms with van der Waals surface area (Å²) in [4.78, 5) is 42.4. The van der Waals surface area contributed by atoms with E-state index in [0.29, 0.717) is 30.8 Å². The Balaban J connectivity index is 1.32. The van der Waals surface area contributed by atoms with Crippen molar-refractivity contribution >= 4 is 17.7 Å². The molecule has 0 saturated carbocycles. The number of aromatic nitrogens is 4. The lowest BCUT2D eigenvalue weighted by atomic mass is 10.0. The molecule has 3 amide bonds. The minimum atomic E-state index is -0.620. The number of rotatable bonds is 5. The van der Waals surface area contributed by atoms with Gasteiger partial charge in [-0.1, -0.05) is 24.3 Å². The number of hydrogen-bond donors (Lipinski definition) is 1. The first-order chi connectivity index (χ1) is 15.5. The molecule has 9 nitrogen and oxygen atoms in total. The molecule has 2 atom stereocenters. The van der Waals surface area contributed by atoms with Gasteiger partial charge in [0.2, 0.25) is 11.8 Å². The van der Waals surface area contributed by atoms with Gasteiger partial charge in [0.15, 0.2) is 0 Å². The standard InChI is InChI=1S/C23H22N6O3/c1-14(18-4-2-3-9-24-18)11-28-13-19(26-27-28)15-5-6-17-16(10-15)12-29(23(17)32)20-7-8-21(30)25-22(20)31/h2-6,9-10,13-14,20H,7-8,11-12H2,1H3,(H,25,30,31). The number of carbonyl (C=O) groups is 3. The third-order valence-electron chi connectivity index (χ3n) is 6.01. The summed E-state index contributed by atoms with van der Waals surface area (Å²) in [5.74, 6) is -0.704. The first kappa shape index (κ1) is 20.0. The van der Waals surface area contributed by atoms with Crippen LogP contribution in [0.5, 0.6) is 0 Å². The third kappa shape index (κ3) is 3.66. The Morgan fingerprint density at radius 2 is 2.06 bits per heavy atom. The van der Waals surface area contributed by atoms with E-state index in [1.807, 2.05) is 36.5 Å². The smallest absolute Gasteiger partial charge is 0.255 e. The van der Waals surface area contributed by atoms with E-state index in [4.69, 9.17) is 0 Å². The number of benzene rings is 1. The summed E-state index contributed by atoms with van der Waals surface area (Å²) in [6, 6.07) is 10.8. The number of hydrogen-bond acceptors (Lipinski definition) is 6. The molecular formula is C23H22N6O3. The van der Waals surface area contributed by atoms with Crippen LogP contribution in [0.2, 0.25) is 0 Å². The van der Waals surface area contributed by atoms with Crippen molar-refractivity contribution in [3.8, 4) is 11.3 Å². The van der Waals surface area contributed by atoms with Gasteiger partial charge in [-0.05, 0) is 36.2 Å². The number of fused-ring (bicyclic) bond motifs is 1. The molecule has 1 N–H and O–H groups in total. The molecule has 2 aliphatic heterocycles. The van der Waals surface area contributed by atoms with Crippen LogP contribution in [0.3, 0.4) is 0 Å². The number of pyridine rings is 1. The second-order valence-electron chi connectivity index (χ2n) is 8.25. The van der Waals surface area contributed by atoms with Gasteiger partial charge >= 0.3 is 0 Å². The fourth-order valence-electron chi connectivity index (χ4n) is 4.30. The van der Waals surface area contributed by atoms with Gasteiger partial charge in [-0.25, -0.2) is 0 Å². The normalized spacial score (nSPS) is 19.1. The van der Waals surface area contributed by atoms with E-state index in [0.717, 1.165) is 16.8 Å². The summed E-state index contributed by atoms with van der Waals surface area (Å²) < 4.78 is 1.79. The molecular weight excluding hydrogens is 408 g/mol. The molecule has 0 radical (unpaired) electrons. The van der Waals surface area contributed by atoms with Crippen LogP contribution in [0, 0.1) is 0 Å². The maximum atomic E-state index is 12.9. The topological polar surface area (TPSA) is 110 Å². The summed E-state index contributed by atoms with van der Waals surface area (Å²) in [6.07, 6.45) is 4.25. The second-order valence-corrected chi connectivity index (χ2v) is 8.25. The highest BCUT2D eigenvalue weighted by Crippen LogP contribution is 2.30. The number of amides is 3. The van der Waals surface area contributed by atoms with E-state index in [1.54, 1.807) is 21.8 Å². The van der Waals surface area contributed by atoms with Crippen LogP contribution in [0.1, 0.15) is 47.3 Å². The van der Waals surface area contributed by atoms with Gasteiger partial charge in [-0.2, -0.15) is 0 Å². The van der Waals surface area contributed by atoms with Crippen LogP contribution < -0.4 is 5.32 Å². The van der Waals surface area contributed by atoms with E-state index < -0.39 is 11.9 Å². The van der Waals surface area contributed by atoms with Gasteiger partial charge in [-0.15, -0.1) is 5.10 Å². The van der Waals surface area contributed by atoms with Crippen LogP contribution in [0.15, 0.2) is 48.8 Å². The first-order valence-electron chi connectivity index (χ1n) is 10.6. The lowest BCUT2D eigenvalue weighted by molar-refractivity contribution is -0.136. The highest BCUT2D eigenvalue weighted by atomic mass is 16.2. The summed E-state index contributed by atoms with van der Waals surface area (Å²) in [7, 11) is 0. The SMILES string of the molecule is CC(Cn1cc(-c2ccc3c(c2)CN(C2CCC(=O)NC2=O)C3=O)nn1)c1ccccn1. The van der Waals surface area contributed by atoms with Crippen molar-refractivity contribution in [3.63, 3.8) is 0 Å². The molecule has 1 aromatic carbocycles. The monoisotopic (exact) mass is 430 g/mol. The summed E-state index contributed by atoms with van der Waals surface area (Å²) >= 11 is 0. The Labute approximate surface area is 184 Å². The van der Waals surface area contributed by atoms with Gasteiger partial charge in [0.1, 0.15) is 11.7 Å². The Morgan fingerprint density at radius 3 is 2.84 bits per heavy atom. The predicted octanol–water partition coefficient (Wildman–Crippen LogP) is 1.90. The van der Waals surface area contributed by atoms with Crippen LogP contribution in [-0.4, -0.2) is 48.6 Å². The lowest BCUT2D eigenvalue weighted by Gasteiger charge is -2.29. The number of nitrogens with one attached hydrogen (secondary N) is 1. The lowest BCUT2D eigenvalue weighted by Crippen LogP contribution is -2.52. The van der Waals surface area contributed by atoms with Crippen molar-refractivity contribution in [2.75, 3.05) is 0 Å². The minimum absolute atomic E-state index is 0.186. The zero-order chi connectivity index (χ0) is 22.2. The molecule has 9 heteroatoms. The largest absolute Gasteiger partial charge is 0.322 e. The highest BCUT2D eigenvalue weighted by Gasteiger charge is 2.39. The van der Waals surface area contributed by atoms with Crippen molar-refractivity contribution in [3.05, 3.63) is 65.6 Å². The minimum Gasteiger partial charge on any atom is -0.322 e. The van der Waals surface area contributed by atoms with Crippen molar-refractivity contribution in [1.82, 2.24) is 30.2 Å².